The molecular formula is C19H21F3NO3S+. The minimum atomic E-state index is -4.41. The van der Waals surface area contributed by atoms with Crippen molar-refractivity contribution < 1.29 is 30.7 Å². The van der Waals surface area contributed by atoms with Gasteiger partial charge in [-0.05, 0) is 30.5 Å². The molecule has 4 nitrogen and oxygen atoms in total. The number of hydrogen-bond donors (Lipinski definition) is 1. The average molecular weight is 400 g/mol. The third-order valence-electron chi connectivity index (χ3n) is 3.96. The van der Waals surface area contributed by atoms with E-state index in [1.165, 1.54) is 12.1 Å². The largest absolute Gasteiger partial charge is 0.416 e. The molecule has 0 aliphatic rings. The Morgan fingerprint density at radius 1 is 1.07 bits per heavy atom. The van der Waals surface area contributed by atoms with Crippen molar-refractivity contribution in [2.24, 2.45) is 0 Å². The summed E-state index contributed by atoms with van der Waals surface area (Å²) in [6.45, 7) is 2.20. The molecule has 27 heavy (non-hydrogen) atoms. The van der Waals surface area contributed by atoms with Gasteiger partial charge in [-0.3, -0.25) is 4.55 Å². The minimum Gasteiger partial charge on any atom is -0.286 e. The normalized spacial score (nSPS) is 12.6. The fraction of sp³-hybridized carbons (Fsp3) is 0.316. The molecule has 0 bridgehead atoms. The maximum absolute atomic E-state index is 13.1. The third kappa shape index (κ3) is 7.15. The van der Waals surface area contributed by atoms with Crippen LogP contribution in [0.2, 0.25) is 0 Å². The van der Waals surface area contributed by atoms with E-state index in [9.17, 15) is 21.6 Å². The van der Waals surface area contributed by atoms with E-state index in [4.69, 9.17) is 4.55 Å². The van der Waals surface area contributed by atoms with E-state index in [1.54, 1.807) is 43.6 Å². The first-order chi connectivity index (χ1) is 12.5. The van der Waals surface area contributed by atoms with Gasteiger partial charge in [0.25, 0.3) is 10.1 Å². The fourth-order valence-corrected chi connectivity index (χ4v) is 3.12. The number of aromatic nitrogens is 1. The molecule has 0 saturated heterocycles. The van der Waals surface area contributed by atoms with Crippen LogP contribution in [0.3, 0.4) is 0 Å². The van der Waals surface area contributed by atoms with Crippen LogP contribution in [-0.2, 0) is 22.8 Å². The molecule has 1 aromatic heterocycles. The van der Waals surface area contributed by atoms with E-state index in [1.807, 2.05) is 4.57 Å². The highest BCUT2D eigenvalue weighted by molar-refractivity contribution is 7.85. The molecule has 146 valence electrons. The SMILES string of the molecule is Cc1ccc(/C=C/c2cc[n+](CCCCS(=O)(=O)O)cc2)c(C(F)(F)F)c1. The Kier molecular flexibility index (Phi) is 6.78. The first-order valence-electron chi connectivity index (χ1n) is 8.35. The minimum absolute atomic E-state index is 0.107. The van der Waals surface area contributed by atoms with Crippen LogP contribution in [0.25, 0.3) is 12.2 Å². The summed E-state index contributed by atoms with van der Waals surface area (Å²) in [5.41, 5.74) is 0.741. The molecule has 0 aliphatic carbocycles. The van der Waals surface area contributed by atoms with Gasteiger partial charge in [-0.25, -0.2) is 4.57 Å². The summed E-state index contributed by atoms with van der Waals surface area (Å²) in [6, 6.07) is 7.75. The van der Waals surface area contributed by atoms with Crippen molar-refractivity contribution in [2.45, 2.75) is 32.5 Å². The number of pyridine rings is 1. The summed E-state index contributed by atoms with van der Waals surface area (Å²) in [6.07, 6.45) is 3.11. The second-order valence-electron chi connectivity index (χ2n) is 6.28. The molecule has 0 spiro atoms. The molecule has 0 amide bonds. The molecule has 0 fully saturated rings. The summed E-state index contributed by atoms with van der Waals surface area (Å²) in [4.78, 5) is 0. The van der Waals surface area contributed by atoms with Crippen LogP contribution in [0.4, 0.5) is 13.2 Å². The topological polar surface area (TPSA) is 58.2 Å². The number of hydrogen-bond acceptors (Lipinski definition) is 2. The Hall–Kier alpha value is -2.19. The Balaban J connectivity index is 2.02. The van der Waals surface area contributed by atoms with Crippen LogP contribution < -0.4 is 4.57 Å². The van der Waals surface area contributed by atoms with Crippen molar-refractivity contribution in [3.05, 3.63) is 65.0 Å². The first kappa shape index (κ1) is 21.1. The van der Waals surface area contributed by atoms with Crippen LogP contribution in [0.15, 0.2) is 42.7 Å². The molecule has 0 atom stereocenters. The number of benzene rings is 1. The van der Waals surface area contributed by atoms with Crippen LogP contribution in [0.5, 0.6) is 0 Å². The smallest absolute Gasteiger partial charge is 0.286 e. The lowest BCUT2D eigenvalue weighted by molar-refractivity contribution is -0.697. The predicted octanol–water partition coefficient (Wildman–Crippen LogP) is 4.14. The van der Waals surface area contributed by atoms with Gasteiger partial charge in [-0.2, -0.15) is 21.6 Å². The van der Waals surface area contributed by atoms with Gasteiger partial charge in [0.15, 0.2) is 12.4 Å². The lowest BCUT2D eigenvalue weighted by Crippen LogP contribution is -2.32. The second-order valence-corrected chi connectivity index (χ2v) is 7.86. The monoisotopic (exact) mass is 400 g/mol. The maximum atomic E-state index is 13.1. The number of halogens is 3. The molecule has 0 radical (unpaired) electrons. The zero-order valence-electron chi connectivity index (χ0n) is 14.8. The van der Waals surface area contributed by atoms with Gasteiger partial charge >= 0.3 is 6.18 Å². The zero-order chi connectivity index (χ0) is 20.1. The number of rotatable bonds is 7. The second kappa shape index (κ2) is 8.67. The summed E-state index contributed by atoms with van der Waals surface area (Å²) in [5.74, 6) is -0.271. The van der Waals surface area contributed by atoms with Crippen LogP contribution in [-0.4, -0.2) is 18.7 Å². The van der Waals surface area contributed by atoms with Gasteiger partial charge < -0.3 is 0 Å². The molecule has 2 aromatic rings. The molecule has 0 aliphatic heterocycles. The van der Waals surface area contributed by atoms with Gasteiger partial charge in [0.05, 0.1) is 11.3 Å². The molecule has 0 unspecified atom stereocenters. The van der Waals surface area contributed by atoms with Crippen LogP contribution in [0, 0.1) is 6.92 Å². The van der Waals surface area contributed by atoms with Crippen LogP contribution in [0.1, 0.15) is 35.1 Å². The van der Waals surface area contributed by atoms with E-state index >= 15 is 0 Å². The van der Waals surface area contributed by atoms with E-state index in [0.29, 0.717) is 24.9 Å². The van der Waals surface area contributed by atoms with Gasteiger partial charge in [0, 0.05) is 18.6 Å². The standard InChI is InChI=1S/C19H20F3NO3S/c1-15-4-6-17(18(14-15)19(20,21)22)7-5-16-8-11-23(12-9-16)10-2-3-13-27(24,25)26/h4-9,11-12,14H,2-3,10,13H2,1H3/p+1/b7-5+. The molecular weight excluding hydrogens is 379 g/mol. The molecule has 2 rings (SSSR count). The van der Waals surface area contributed by atoms with Crippen molar-refractivity contribution in [2.75, 3.05) is 5.75 Å². The summed E-state index contributed by atoms with van der Waals surface area (Å²) in [7, 11) is -3.93. The first-order valence-corrected chi connectivity index (χ1v) is 9.96. The number of unbranched alkanes of at least 4 members (excludes halogenated alkanes) is 1. The Morgan fingerprint density at radius 2 is 1.74 bits per heavy atom. The Bertz CT molecular complexity index is 905. The quantitative estimate of drug-likeness (QED) is 0.432. The fourth-order valence-electron chi connectivity index (χ4n) is 2.55. The predicted molar refractivity (Wildman–Crippen MR) is 97.4 cm³/mol. The van der Waals surface area contributed by atoms with E-state index < -0.39 is 21.9 Å². The third-order valence-corrected chi connectivity index (χ3v) is 4.76. The summed E-state index contributed by atoms with van der Waals surface area (Å²) in [5, 5.41) is 0. The van der Waals surface area contributed by atoms with Gasteiger partial charge in [-0.1, -0.05) is 29.8 Å². The van der Waals surface area contributed by atoms with Crippen molar-refractivity contribution in [1.82, 2.24) is 0 Å². The highest BCUT2D eigenvalue weighted by Gasteiger charge is 2.32. The maximum Gasteiger partial charge on any atom is 0.416 e. The lowest BCUT2D eigenvalue weighted by atomic mass is 10.0. The molecule has 1 heterocycles. The molecule has 8 heteroatoms. The summed E-state index contributed by atoms with van der Waals surface area (Å²) >= 11 is 0. The van der Waals surface area contributed by atoms with Gasteiger partial charge in [0.2, 0.25) is 0 Å². The summed E-state index contributed by atoms with van der Waals surface area (Å²) < 4.78 is 71.2. The van der Waals surface area contributed by atoms with Gasteiger partial charge in [-0.15, -0.1) is 0 Å². The van der Waals surface area contributed by atoms with Crippen molar-refractivity contribution in [3.8, 4) is 0 Å². The van der Waals surface area contributed by atoms with Gasteiger partial charge in [0.1, 0.15) is 6.54 Å². The lowest BCUT2D eigenvalue weighted by Gasteiger charge is -2.11. The average Bonchev–Trinajstić information content (AvgIpc) is 2.57. The highest BCUT2D eigenvalue weighted by Crippen LogP contribution is 2.33. The van der Waals surface area contributed by atoms with Crippen molar-refractivity contribution >= 4 is 22.3 Å². The zero-order valence-corrected chi connectivity index (χ0v) is 15.6. The van der Waals surface area contributed by atoms with Crippen molar-refractivity contribution in [3.63, 3.8) is 0 Å². The van der Waals surface area contributed by atoms with Crippen molar-refractivity contribution in [1.29, 1.82) is 0 Å². The van der Waals surface area contributed by atoms with Crippen LogP contribution >= 0.6 is 0 Å². The Labute approximate surface area is 156 Å². The highest BCUT2D eigenvalue weighted by atomic mass is 32.2. The van der Waals surface area contributed by atoms with E-state index in [-0.39, 0.29) is 11.3 Å². The number of alkyl halides is 3. The van der Waals surface area contributed by atoms with E-state index in [0.717, 1.165) is 11.6 Å². The molecule has 0 saturated carbocycles. The molecule has 1 aromatic carbocycles. The Morgan fingerprint density at radius 3 is 2.33 bits per heavy atom. The van der Waals surface area contributed by atoms with E-state index in [2.05, 4.69) is 0 Å². The molecule has 1 N–H and O–H groups in total. The number of aryl methyl sites for hydroxylation is 2. The number of nitrogens with zero attached hydrogens (tertiary/aromatic N) is 1.